The molecule has 5 nitrogen and oxygen atoms in total. The summed E-state index contributed by atoms with van der Waals surface area (Å²) in [4.78, 5) is 17.0. The summed E-state index contributed by atoms with van der Waals surface area (Å²) >= 11 is 0. The maximum atomic E-state index is 12.4. The highest BCUT2D eigenvalue weighted by Crippen LogP contribution is 2.24. The van der Waals surface area contributed by atoms with Gasteiger partial charge in [0.25, 0.3) is 0 Å². The van der Waals surface area contributed by atoms with Gasteiger partial charge in [-0.05, 0) is 69.0 Å². The Morgan fingerprint density at radius 2 is 1.67 bits per heavy atom. The molecule has 132 valence electrons. The number of methoxy groups -OCH3 is 1. The van der Waals surface area contributed by atoms with Crippen molar-refractivity contribution in [3.05, 3.63) is 24.3 Å². The third kappa shape index (κ3) is 4.20. The number of hydrogen-bond donors (Lipinski definition) is 1. The Hall–Kier alpha value is -1.75. The number of amides is 2. The van der Waals surface area contributed by atoms with E-state index in [-0.39, 0.29) is 6.03 Å². The molecule has 2 aliphatic heterocycles. The number of hydrogen-bond acceptors (Lipinski definition) is 3. The van der Waals surface area contributed by atoms with E-state index in [1.807, 2.05) is 29.2 Å². The Kier molecular flexibility index (Phi) is 5.61. The lowest BCUT2D eigenvalue weighted by molar-refractivity contribution is 0.0909. The maximum Gasteiger partial charge on any atom is 0.321 e. The molecule has 1 aromatic carbocycles. The highest BCUT2D eigenvalue weighted by molar-refractivity contribution is 5.89. The molecule has 2 fully saturated rings. The Balaban J connectivity index is 1.46. The summed E-state index contributed by atoms with van der Waals surface area (Å²) in [6, 6.07) is 8.13. The van der Waals surface area contributed by atoms with Crippen molar-refractivity contribution in [3.8, 4) is 5.75 Å². The molecule has 0 atom stereocenters. The number of carbonyl (C=O) groups is 1. The highest BCUT2D eigenvalue weighted by atomic mass is 16.5. The Morgan fingerprint density at radius 3 is 2.25 bits per heavy atom. The van der Waals surface area contributed by atoms with Gasteiger partial charge in [-0.15, -0.1) is 0 Å². The van der Waals surface area contributed by atoms with Crippen LogP contribution in [0.1, 0.15) is 32.6 Å². The smallest absolute Gasteiger partial charge is 0.321 e. The predicted octanol–water partition coefficient (Wildman–Crippen LogP) is 3.42. The van der Waals surface area contributed by atoms with Crippen LogP contribution in [-0.2, 0) is 0 Å². The minimum absolute atomic E-state index is 0.00545. The number of benzene rings is 1. The van der Waals surface area contributed by atoms with E-state index >= 15 is 0 Å². The first kappa shape index (κ1) is 17.1. The summed E-state index contributed by atoms with van der Waals surface area (Å²) in [5, 5.41) is 2.98. The van der Waals surface area contributed by atoms with Gasteiger partial charge in [0, 0.05) is 24.8 Å². The lowest BCUT2D eigenvalue weighted by Crippen LogP contribution is -2.49. The summed E-state index contributed by atoms with van der Waals surface area (Å²) in [5.41, 5.74) is 0.813. The molecule has 1 aromatic rings. The predicted molar refractivity (Wildman–Crippen MR) is 96.6 cm³/mol. The number of nitrogens with one attached hydrogen (secondary N) is 1. The summed E-state index contributed by atoms with van der Waals surface area (Å²) in [6.45, 7) is 6.49. The van der Waals surface area contributed by atoms with Gasteiger partial charge < -0.3 is 19.9 Å². The molecule has 2 aliphatic rings. The Morgan fingerprint density at radius 1 is 1.04 bits per heavy atom. The number of urea groups is 1. The van der Waals surface area contributed by atoms with Gasteiger partial charge in [-0.2, -0.15) is 0 Å². The van der Waals surface area contributed by atoms with Gasteiger partial charge >= 0.3 is 6.03 Å². The fourth-order valence-electron chi connectivity index (χ4n) is 3.70. The average Bonchev–Trinajstić information content (AvgIpc) is 2.63. The fraction of sp³-hybridized carbons (Fsp3) is 0.632. The van der Waals surface area contributed by atoms with Crippen molar-refractivity contribution >= 4 is 11.7 Å². The molecule has 2 saturated heterocycles. The lowest BCUT2D eigenvalue weighted by Gasteiger charge is -2.41. The normalized spacial score (nSPS) is 20.8. The molecular weight excluding hydrogens is 302 g/mol. The van der Waals surface area contributed by atoms with E-state index in [2.05, 4.69) is 17.1 Å². The first-order valence-corrected chi connectivity index (χ1v) is 9.09. The minimum atomic E-state index is 0.00545. The summed E-state index contributed by atoms with van der Waals surface area (Å²) < 4.78 is 5.14. The number of ether oxygens (including phenoxy) is 1. The average molecular weight is 331 g/mol. The van der Waals surface area contributed by atoms with Gasteiger partial charge in [0.15, 0.2) is 0 Å². The number of likely N-dealkylation sites (tertiary alicyclic amines) is 2. The van der Waals surface area contributed by atoms with E-state index in [0.29, 0.717) is 6.04 Å². The molecule has 0 aromatic heterocycles. The van der Waals surface area contributed by atoms with Crippen LogP contribution in [0.2, 0.25) is 0 Å². The highest BCUT2D eigenvalue weighted by Gasteiger charge is 2.28. The van der Waals surface area contributed by atoms with Crippen LogP contribution in [-0.4, -0.2) is 55.2 Å². The summed E-state index contributed by atoms with van der Waals surface area (Å²) in [5.74, 6) is 1.67. The molecule has 0 aliphatic carbocycles. The molecule has 0 bridgehead atoms. The largest absolute Gasteiger partial charge is 0.497 e. The molecule has 0 spiro atoms. The van der Waals surface area contributed by atoms with Crippen LogP contribution < -0.4 is 10.1 Å². The minimum Gasteiger partial charge on any atom is -0.497 e. The van der Waals surface area contributed by atoms with E-state index in [1.165, 1.54) is 25.9 Å². The van der Waals surface area contributed by atoms with Gasteiger partial charge in [-0.1, -0.05) is 6.92 Å². The topological polar surface area (TPSA) is 44.8 Å². The Bertz CT molecular complexity index is 530. The number of nitrogens with zero attached hydrogens (tertiary/aromatic N) is 2. The molecule has 3 rings (SSSR count). The van der Waals surface area contributed by atoms with Crippen LogP contribution >= 0.6 is 0 Å². The van der Waals surface area contributed by atoms with Gasteiger partial charge in [-0.3, -0.25) is 0 Å². The monoisotopic (exact) mass is 331 g/mol. The van der Waals surface area contributed by atoms with Crippen molar-refractivity contribution in [2.75, 3.05) is 38.6 Å². The van der Waals surface area contributed by atoms with E-state index < -0.39 is 0 Å². The van der Waals surface area contributed by atoms with Crippen LogP contribution in [0.3, 0.4) is 0 Å². The molecule has 2 heterocycles. The molecule has 1 N–H and O–H groups in total. The number of anilines is 1. The lowest BCUT2D eigenvalue weighted by atomic mass is 9.95. The summed E-state index contributed by atoms with van der Waals surface area (Å²) in [6.07, 6.45) is 4.81. The number of rotatable bonds is 3. The molecule has 0 saturated carbocycles. The van der Waals surface area contributed by atoms with Crippen LogP contribution in [0, 0.1) is 5.92 Å². The fourth-order valence-corrected chi connectivity index (χ4v) is 3.70. The zero-order valence-electron chi connectivity index (χ0n) is 14.8. The molecule has 5 heteroatoms. The second-order valence-corrected chi connectivity index (χ2v) is 7.10. The van der Waals surface area contributed by atoms with Crippen molar-refractivity contribution in [1.29, 1.82) is 0 Å². The van der Waals surface area contributed by atoms with Crippen LogP contribution in [0.5, 0.6) is 5.75 Å². The van der Waals surface area contributed by atoms with Crippen molar-refractivity contribution in [1.82, 2.24) is 9.80 Å². The van der Waals surface area contributed by atoms with Gasteiger partial charge in [0.05, 0.1) is 7.11 Å². The zero-order chi connectivity index (χ0) is 16.9. The Labute approximate surface area is 145 Å². The molecular formula is C19H29N3O2. The van der Waals surface area contributed by atoms with Gasteiger partial charge in [0.1, 0.15) is 5.75 Å². The van der Waals surface area contributed by atoms with Crippen LogP contribution in [0.4, 0.5) is 10.5 Å². The van der Waals surface area contributed by atoms with E-state index in [9.17, 15) is 4.79 Å². The third-order valence-electron chi connectivity index (χ3n) is 5.43. The quantitative estimate of drug-likeness (QED) is 0.923. The third-order valence-corrected chi connectivity index (χ3v) is 5.43. The van der Waals surface area contributed by atoms with E-state index in [4.69, 9.17) is 4.74 Å². The van der Waals surface area contributed by atoms with E-state index in [1.54, 1.807) is 7.11 Å². The van der Waals surface area contributed by atoms with Gasteiger partial charge in [-0.25, -0.2) is 4.79 Å². The van der Waals surface area contributed by atoms with Crippen molar-refractivity contribution in [2.24, 2.45) is 5.92 Å². The van der Waals surface area contributed by atoms with Crippen molar-refractivity contribution in [2.45, 2.75) is 38.6 Å². The van der Waals surface area contributed by atoms with E-state index in [0.717, 1.165) is 43.3 Å². The SMILES string of the molecule is COc1ccc(NC(=O)N2CCC(N3CCC(C)CC3)CC2)cc1. The van der Waals surface area contributed by atoms with Crippen molar-refractivity contribution in [3.63, 3.8) is 0 Å². The molecule has 0 radical (unpaired) electrons. The second kappa shape index (κ2) is 7.88. The standard InChI is InChI=1S/C19H29N3O2/c1-15-7-11-21(12-8-15)17-9-13-22(14-10-17)19(23)20-16-3-5-18(24-2)6-4-16/h3-6,15,17H,7-14H2,1-2H3,(H,20,23). The van der Waals surface area contributed by atoms with Crippen LogP contribution in [0.15, 0.2) is 24.3 Å². The van der Waals surface area contributed by atoms with Crippen molar-refractivity contribution < 1.29 is 9.53 Å². The molecule has 0 unspecified atom stereocenters. The first-order chi connectivity index (χ1) is 11.7. The van der Waals surface area contributed by atoms with Crippen LogP contribution in [0.25, 0.3) is 0 Å². The second-order valence-electron chi connectivity index (χ2n) is 7.10. The number of carbonyl (C=O) groups excluding carboxylic acids is 1. The summed E-state index contributed by atoms with van der Waals surface area (Å²) in [7, 11) is 1.64. The zero-order valence-corrected chi connectivity index (χ0v) is 14.8. The molecule has 2 amide bonds. The maximum absolute atomic E-state index is 12.4. The van der Waals surface area contributed by atoms with Gasteiger partial charge in [0.2, 0.25) is 0 Å². The first-order valence-electron chi connectivity index (χ1n) is 9.09. The number of piperidine rings is 2. The molecule has 24 heavy (non-hydrogen) atoms.